The molecule has 2 amide bonds. The van der Waals surface area contributed by atoms with E-state index in [9.17, 15) is 9.59 Å². The number of hydrogen-bond donors (Lipinski definition) is 2. The lowest BCUT2D eigenvalue weighted by atomic mass is 9.88. The highest BCUT2D eigenvalue weighted by atomic mass is 35.5. The van der Waals surface area contributed by atoms with Gasteiger partial charge in [0.15, 0.2) is 0 Å². The average molecular weight is 427 g/mol. The Hall–Kier alpha value is -2.86. The summed E-state index contributed by atoms with van der Waals surface area (Å²) in [6, 6.07) is 11.2. The summed E-state index contributed by atoms with van der Waals surface area (Å²) in [7, 11) is 0. The number of H-pyrrole nitrogens is 1. The van der Waals surface area contributed by atoms with E-state index in [1.807, 2.05) is 42.2 Å². The molecule has 0 bridgehead atoms. The molecule has 0 atom stereocenters. The Bertz CT molecular complexity index is 1010. The number of hydrogen-bond acceptors (Lipinski definition) is 3. The first-order chi connectivity index (χ1) is 14.5. The van der Waals surface area contributed by atoms with E-state index in [1.54, 1.807) is 18.5 Å². The van der Waals surface area contributed by atoms with Crippen LogP contribution in [0.25, 0.3) is 11.0 Å². The first-order valence-corrected chi connectivity index (χ1v) is 10.7. The van der Waals surface area contributed by atoms with Gasteiger partial charge in [-0.1, -0.05) is 36.9 Å². The topological polar surface area (TPSA) is 92.1 Å². The molecule has 3 N–H and O–H groups in total. The minimum atomic E-state index is -0.458. The lowest BCUT2D eigenvalue weighted by molar-refractivity contribution is -0.123. The molecule has 0 spiro atoms. The standard InChI is InChI=1S/C15H20ClNO.C8H7N3O/c1-2-17(14-10-6-9-13(16)11-14)15(18)12-7-4-3-5-8-12;9-8(12)5-4-11-6-2-1-3-10-7(5)6/h6,9-12H,2-5,7-8H2,1H3;1-4,11H,(H2,9,12). The van der Waals surface area contributed by atoms with E-state index >= 15 is 0 Å². The van der Waals surface area contributed by atoms with Crippen LogP contribution in [0.2, 0.25) is 5.02 Å². The van der Waals surface area contributed by atoms with Crippen molar-refractivity contribution in [3.63, 3.8) is 0 Å². The maximum absolute atomic E-state index is 12.5. The van der Waals surface area contributed by atoms with Gasteiger partial charge < -0.3 is 15.6 Å². The third-order valence-corrected chi connectivity index (χ3v) is 5.59. The van der Waals surface area contributed by atoms with Gasteiger partial charge in [-0.15, -0.1) is 0 Å². The van der Waals surface area contributed by atoms with E-state index in [-0.39, 0.29) is 11.8 Å². The fourth-order valence-corrected chi connectivity index (χ4v) is 4.01. The molecular formula is C23H27ClN4O2. The average Bonchev–Trinajstić information content (AvgIpc) is 3.20. The van der Waals surface area contributed by atoms with E-state index in [4.69, 9.17) is 17.3 Å². The van der Waals surface area contributed by atoms with Crippen LogP contribution in [0, 0.1) is 5.92 Å². The summed E-state index contributed by atoms with van der Waals surface area (Å²) in [5.74, 6) is 0.0112. The first kappa shape index (κ1) is 21.8. The predicted octanol–water partition coefficient (Wildman–Crippen LogP) is 4.94. The van der Waals surface area contributed by atoms with Gasteiger partial charge in [-0.25, -0.2) is 0 Å². The van der Waals surface area contributed by atoms with Crippen LogP contribution in [0.1, 0.15) is 49.4 Å². The maximum atomic E-state index is 12.5. The highest BCUT2D eigenvalue weighted by molar-refractivity contribution is 6.30. The van der Waals surface area contributed by atoms with E-state index in [0.29, 0.717) is 22.6 Å². The zero-order chi connectivity index (χ0) is 21.5. The Morgan fingerprint density at radius 1 is 1.20 bits per heavy atom. The molecule has 1 aromatic carbocycles. The number of carbonyl (C=O) groups is 2. The monoisotopic (exact) mass is 426 g/mol. The molecule has 0 aliphatic heterocycles. The third-order valence-electron chi connectivity index (χ3n) is 5.36. The normalized spacial score (nSPS) is 14.1. The number of fused-ring (bicyclic) bond motifs is 1. The number of nitrogens with two attached hydrogens (primary N) is 1. The quantitative estimate of drug-likeness (QED) is 0.619. The number of pyridine rings is 1. The molecule has 0 radical (unpaired) electrons. The number of carbonyl (C=O) groups excluding carboxylic acids is 2. The Balaban J connectivity index is 0.000000184. The number of nitrogens with one attached hydrogen (secondary N) is 1. The van der Waals surface area contributed by atoms with Crippen LogP contribution in [-0.2, 0) is 4.79 Å². The smallest absolute Gasteiger partial charge is 0.252 e. The van der Waals surface area contributed by atoms with Gasteiger partial charge in [0, 0.05) is 35.6 Å². The number of amides is 2. The Morgan fingerprint density at radius 3 is 2.63 bits per heavy atom. The van der Waals surface area contributed by atoms with E-state index in [0.717, 1.165) is 24.0 Å². The summed E-state index contributed by atoms with van der Waals surface area (Å²) >= 11 is 6.00. The number of anilines is 1. The van der Waals surface area contributed by atoms with Crippen LogP contribution >= 0.6 is 11.6 Å². The van der Waals surface area contributed by atoms with Crippen LogP contribution in [0.15, 0.2) is 48.8 Å². The first-order valence-electron chi connectivity index (χ1n) is 10.3. The molecule has 4 rings (SSSR count). The van der Waals surface area contributed by atoms with Crippen molar-refractivity contribution in [2.24, 2.45) is 11.7 Å². The molecule has 6 nitrogen and oxygen atoms in total. The maximum Gasteiger partial charge on any atom is 0.252 e. The van der Waals surface area contributed by atoms with Crippen LogP contribution < -0.4 is 10.6 Å². The van der Waals surface area contributed by atoms with E-state index < -0.39 is 5.91 Å². The molecule has 3 aromatic rings. The molecule has 30 heavy (non-hydrogen) atoms. The minimum absolute atomic E-state index is 0.206. The lowest BCUT2D eigenvalue weighted by Crippen LogP contribution is -2.36. The summed E-state index contributed by atoms with van der Waals surface area (Å²) in [4.78, 5) is 32.2. The van der Waals surface area contributed by atoms with Gasteiger partial charge in [-0.3, -0.25) is 14.6 Å². The predicted molar refractivity (Wildman–Crippen MR) is 121 cm³/mol. The zero-order valence-corrected chi connectivity index (χ0v) is 17.9. The van der Waals surface area contributed by atoms with Crippen LogP contribution in [0.3, 0.4) is 0 Å². The number of nitrogens with zero attached hydrogens (tertiary/aromatic N) is 2. The SMILES string of the molecule is CCN(C(=O)C1CCCCC1)c1cccc(Cl)c1.NC(=O)c1c[nH]c2cccnc12. The van der Waals surface area contributed by atoms with Gasteiger partial charge >= 0.3 is 0 Å². The molecule has 0 saturated heterocycles. The van der Waals surface area contributed by atoms with Gasteiger partial charge in [0.25, 0.3) is 5.91 Å². The van der Waals surface area contributed by atoms with Crippen molar-refractivity contribution >= 4 is 40.1 Å². The van der Waals surface area contributed by atoms with Crippen molar-refractivity contribution in [2.75, 3.05) is 11.4 Å². The summed E-state index contributed by atoms with van der Waals surface area (Å²) in [5, 5.41) is 0.683. The Morgan fingerprint density at radius 2 is 1.97 bits per heavy atom. The van der Waals surface area contributed by atoms with Gasteiger partial charge in [0.2, 0.25) is 5.91 Å². The number of rotatable bonds is 4. The summed E-state index contributed by atoms with van der Waals surface area (Å²) in [6.45, 7) is 2.72. The molecule has 2 heterocycles. The fourth-order valence-electron chi connectivity index (χ4n) is 3.82. The summed E-state index contributed by atoms with van der Waals surface area (Å²) in [6.07, 6.45) is 8.91. The Labute approximate surface area is 181 Å². The van der Waals surface area contributed by atoms with Gasteiger partial charge in [-0.05, 0) is 50.1 Å². The van der Waals surface area contributed by atoms with Crippen LogP contribution in [-0.4, -0.2) is 28.3 Å². The van der Waals surface area contributed by atoms with Crippen molar-refractivity contribution in [2.45, 2.75) is 39.0 Å². The van der Waals surface area contributed by atoms with E-state index in [1.165, 1.54) is 19.3 Å². The van der Waals surface area contributed by atoms with Crippen LogP contribution in [0.5, 0.6) is 0 Å². The second-order valence-corrected chi connectivity index (χ2v) is 7.80. The second-order valence-electron chi connectivity index (χ2n) is 7.36. The minimum Gasteiger partial charge on any atom is -0.365 e. The van der Waals surface area contributed by atoms with Gasteiger partial charge in [-0.2, -0.15) is 0 Å². The number of aromatic amines is 1. The van der Waals surface area contributed by atoms with Gasteiger partial charge in [0.05, 0.1) is 11.1 Å². The van der Waals surface area contributed by atoms with Crippen molar-refractivity contribution in [1.29, 1.82) is 0 Å². The number of primary amides is 1. The van der Waals surface area contributed by atoms with Crippen LogP contribution in [0.4, 0.5) is 5.69 Å². The molecular weight excluding hydrogens is 400 g/mol. The summed E-state index contributed by atoms with van der Waals surface area (Å²) < 4.78 is 0. The van der Waals surface area contributed by atoms with Gasteiger partial charge in [0.1, 0.15) is 5.52 Å². The molecule has 1 aliphatic carbocycles. The van der Waals surface area contributed by atoms with Crippen molar-refractivity contribution in [1.82, 2.24) is 9.97 Å². The van der Waals surface area contributed by atoms with E-state index in [2.05, 4.69) is 9.97 Å². The molecule has 7 heteroatoms. The van der Waals surface area contributed by atoms with Crippen molar-refractivity contribution < 1.29 is 9.59 Å². The highest BCUT2D eigenvalue weighted by Gasteiger charge is 2.26. The molecule has 1 saturated carbocycles. The molecule has 0 unspecified atom stereocenters. The zero-order valence-electron chi connectivity index (χ0n) is 17.1. The Kier molecular flexibility index (Phi) is 7.46. The summed E-state index contributed by atoms with van der Waals surface area (Å²) in [5.41, 5.74) is 7.93. The fraction of sp³-hybridized carbons (Fsp3) is 0.348. The lowest BCUT2D eigenvalue weighted by Gasteiger charge is -2.28. The molecule has 1 fully saturated rings. The molecule has 158 valence electrons. The van der Waals surface area contributed by atoms with Crippen molar-refractivity contribution in [3.05, 3.63) is 59.4 Å². The number of benzene rings is 1. The molecule has 2 aromatic heterocycles. The second kappa shape index (κ2) is 10.3. The third kappa shape index (κ3) is 5.19. The number of halogens is 1. The largest absolute Gasteiger partial charge is 0.365 e. The molecule has 1 aliphatic rings. The highest BCUT2D eigenvalue weighted by Crippen LogP contribution is 2.28. The number of aromatic nitrogens is 2. The van der Waals surface area contributed by atoms with Crippen molar-refractivity contribution in [3.8, 4) is 0 Å².